The van der Waals surface area contributed by atoms with Gasteiger partial charge in [0.1, 0.15) is 0 Å². The Balaban J connectivity index is 2.78. The van der Waals surface area contributed by atoms with E-state index in [0.29, 0.717) is 11.3 Å². The molecule has 0 atom stereocenters. The van der Waals surface area contributed by atoms with Gasteiger partial charge in [-0.15, -0.1) is 0 Å². The van der Waals surface area contributed by atoms with E-state index in [2.05, 4.69) is 0 Å². The first kappa shape index (κ1) is 15.5. The lowest BCUT2D eigenvalue weighted by molar-refractivity contribution is -0.128. The number of nitrogens with zero attached hydrogens (tertiary/aromatic N) is 2. The predicted molar refractivity (Wildman–Crippen MR) is 74.8 cm³/mol. The number of anilines is 1. The molecule has 106 valence electrons. The number of likely N-dealkylation sites (N-methyl/N-ethyl adjacent to an activating group) is 2. The summed E-state index contributed by atoms with van der Waals surface area (Å²) in [5.41, 5.74) is 6.72. The zero-order valence-electron chi connectivity index (χ0n) is 11.3. The minimum atomic E-state index is -3.53. The Morgan fingerprint density at radius 1 is 1.26 bits per heavy atom. The van der Waals surface area contributed by atoms with Crippen molar-refractivity contribution < 1.29 is 13.2 Å². The van der Waals surface area contributed by atoms with E-state index >= 15 is 0 Å². The SMILES string of the molecule is CN(C)C(=O)CN(C)S(=O)(=O)Cc1cccc(N)c1. The van der Waals surface area contributed by atoms with Crippen molar-refractivity contribution in [3.05, 3.63) is 29.8 Å². The number of hydrogen-bond donors (Lipinski definition) is 1. The van der Waals surface area contributed by atoms with Crippen LogP contribution < -0.4 is 5.73 Å². The van der Waals surface area contributed by atoms with E-state index in [9.17, 15) is 13.2 Å². The van der Waals surface area contributed by atoms with Crippen molar-refractivity contribution in [2.45, 2.75) is 5.75 Å². The highest BCUT2D eigenvalue weighted by Gasteiger charge is 2.21. The lowest BCUT2D eigenvalue weighted by Gasteiger charge is -2.19. The largest absolute Gasteiger partial charge is 0.399 e. The van der Waals surface area contributed by atoms with Gasteiger partial charge in [0, 0.05) is 26.8 Å². The first-order chi connectivity index (χ1) is 8.72. The van der Waals surface area contributed by atoms with Crippen LogP contribution in [-0.4, -0.2) is 51.2 Å². The molecule has 0 radical (unpaired) electrons. The van der Waals surface area contributed by atoms with E-state index < -0.39 is 10.0 Å². The second-order valence-electron chi connectivity index (χ2n) is 4.55. The van der Waals surface area contributed by atoms with Crippen LogP contribution in [-0.2, 0) is 20.6 Å². The molecule has 0 bridgehead atoms. The summed E-state index contributed by atoms with van der Waals surface area (Å²) in [6.07, 6.45) is 0. The molecule has 2 N–H and O–H groups in total. The van der Waals surface area contributed by atoms with Crippen LogP contribution in [0.25, 0.3) is 0 Å². The summed E-state index contributed by atoms with van der Waals surface area (Å²) in [5, 5.41) is 0. The number of rotatable bonds is 5. The maximum atomic E-state index is 12.1. The van der Waals surface area contributed by atoms with Gasteiger partial charge in [-0.25, -0.2) is 8.42 Å². The molecule has 1 aromatic carbocycles. The number of nitrogens with two attached hydrogens (primary N) is 1. The second-order valence-corrected chi connectivity index (χ2v) is 6.62. The summed E-state index contributed by atoms with van der Waals surface area (Å²) in [6.45, 7) is -0.169. The lowest BCUT2D eigenvalue weighted by atomic mass is 10.2. The Labute approximate surface area is 113 Å². The molecular weight excluding hydrogens is 266 g/mol. The van der Waals surface area contributed by atoms with Gasteiger partial charge >= 0.3 is 0 Å². The Morgan fingerprint density at radius 2 is 1.89 bits per heavy atom. The number of carbonyl (C=O) groups is 1. The Morgan fingerprint density at radius 3 is 2.42 bits per heavy atom. The molecule has 19 heavy (non-hydrogen) atoms. The lowest BCUT2D eigenvalue weighted by Crippen LogP contribution is -2.38. The highest BCUT2D eigenvalue weighted by atomic mass is 32.2. The van der Waals surface area contributed by atoms with Crippen LogP contribution >= 0.6 is 0 Å². The van der Waals surface area contributed by atoms with Crippen molar-refractivity contribution >= 4 is 21.6 Å². The number of nitrogen functional groups attached to an aromatic ring is 1. The zero-order valence-corrected chi connectivity index (χ0v) is 12.1. The minimum Gasteiger partial charge on any atom is -0.399 e. The quantitative estimate of drug-likeness (QED) is 0.779. The average molecular weight is 285 g/mol. The van der Waals surface area contributed by atoms with Gasteiger partial charge in [-0.2, -0.15) is 4.31 Å². The van der Waals surface area contributed by atoms with Crippen LogP contribution in [0.3, 0.4) is 0 Å². The first-order valence-electron chi connectivity index (χ1n) is 5.71. The summed E-state index contributed by atoms with van der Waals surface area (Å²) < 4.78 is 25.2. The molecule has 0 fully saturated rings. The molecule has 0 heterocycles. The molecule has 7 heteroatoms. The van der Waals surface area contributed by atoms with E-state index in [4.69, 9.17) is 5.73 Å². The maximum Gasteiger partial charge on any atom is 0.237 e. The van der Waals surface area contributed by atoms with Gasteiger partial charge in [0.2, 0.25) is 15.9 Å². The van der Waals surface area contributed by atoms with Crippen molar-refractivity contribution in [1.29, 1.82) is 0 Å². The van der Waals surface area contributed by atoms with E-state index in [-0.39, 0.29) is 18.2 Å². The van der Waals surface area contributed by atoms with Crippen molar-refractivity contribution in [3.63, 3.8) is 0 Å². The standard InChI is InChI=1S/C12H19N3O3S/c1-14(2)12(16)8-15(3)19(17,18)9-10-5-4-6-11(13)7-10/h4-7H,8-9,13H2,1-3H3. The van der Waals surface area contributed by atoms with Crippen LogP contribution in [0.4, 0.5) is 5.69 Å². The molecule has 0 unspecified atom stereocenters. The first-order valence-corrected chi connectivity index (χ1v) is 7.32. The maximum absolute atomic E-state index is 12.1. The van der Waals surface area contributed by atoms with Gasteiger partial charge in [-0.3, -0.25) is 4.79 Å². The average Bonchev–Trinajstić information content (AvgIpc) is 2.27. The predicted octanol–water partition coefficient (Wildman–Crippen LogP) is 0.119. The van der Waals surface area contributed by atoms with Crippen LogP contribution in [0.2, 0.25) is 0 Å². The third-order valence-electron chi connectivity index (χ3n) is 2.63. The van der Waals surface area contributed by atoms with Gasteiger partial charge in [-0.05, 0) is 17.7 Å². The molecule has 0 aliphatic heterocycles. The minimum absolute atomic E-state index is 0.169. The Hall–Kier alpha value is -1.60. The summed E-state index contributed by atoms with van der Waals surface area (Å²) in [4.78, 5) is 12.9. The topological polar surface area (TPSA) is 83.7 Å². The van der Waals surface area contributed by atoms with E-state index in [1.54, 1.807) is 38.4 Å². The second kappa shape index (κ2) is 6.03. The zero-order chi connectivity index (χ0) is 14.6. The molecule has 6 nitrogen and oxygen atoms in total. The number of sulfonamides is 1. The van der Waals surface area contributed by atoms with Gasteiger partial charge < -0.3 is 10.6 Å². The van der Waals surface area contributed by atoms with E-state index in [1.807, 2.05) is 0 Å². The van der Waals surface area contributed by atoms with E-state index in [1.165, 1.54) is 11.9 Å². The molecule has 0 aliphatic carbocycles. The fourth-order valence-corrected chi connectivity index (χ4v) is 2.56. The highest BCUT2D eigenvalue weighted by molar-refractivity contribution is 7.88. The molecule has 0 spiro atoms. The third-order valence-corrected chi connectivity index (χ3v) is 4.41. The third kappa shape index (κ3) is 4.53. The molecular formula is C12H19N3O3S. The van der Waals surface area contributed by atoms with Gasteiger partial charge in [0.25, 0.3) is 0 Å². The van der Waals surface area contributed by atoms with Crippen molar-refractivity contribution in [2.24, 2.45) is 0 Å². The molecule has 1 aromatic rings. The number of carbonyl (C=O) groups excluding carboxylic acids is 1. The molecule has 1 amide bonds. The van der Waals surface area contributed by atoms with Gasteiger partial charge in [0.05, 0.1) is 12.3 Å². The van der Waals surface area contributed by atoms with E-state index in [0.717, 1.165) is 4.31 Å². The van der Waals surface area contributed by atoms with Crippen LogP contribution in [0.15, 0.2) is 24.3 Å². The number of amides is 1. The number of hydrogen-bond acceptors (Lipinski definition) is 4. The highest BCUT2D eigenvalue weighted by Crippen LogP contribution is 2.12. The molecule has 0 saturated carbocycles. The van der Waals surface area contributed by atoms with Gasteiger partial charge in [-0.1, -0.05) is 12.1 Å². The van der Waals surface area contributed by atoms with Crippen LogP contribution in [0.5, 0.6) is 0 Å². The summed E-state index contributed by atoms with van der Waals surface area (Å²) >= 11 is 0. The smallest absolute Gasteiger partial charge is 0.237 e. The Bertz CT molecular complexity index is 555. The van der Waals surface area contributed by atoms with Crippen LogP contribution in [0.1, 0.15) is 5.56 Å². The fourth-order valence-electron chi connectivity index (χ4n) is 1.43. The summed E-state index contributed by atoms with van der Waals surface area (Å²) in [7, 11) is 1.03. The monoisotopic (exact) mass is 285 g/mol. The normalized spacial score (nSPS) is 11.6. The van der Waals surface area contributed by atoms with Crippen molar-refractivity contribution in [3.8, 4) is 0 Å². The molecule has 0 aromatic heterocycles. The summed E-state index contributed by atoms with van der Waals surface area (Å²) in [6, 6.07) is 6.69. The molecule has 1 rings (SSSR count). The van der Waals surface area contributed by atoms with Crippen molar-refractivity contribution in [1.82, 2.24) is 9.21 Å². The molecule has 0 aliphatic rings. The fraction of sp³-hybridized carbons (Fsp3) is 0.417. The molecule has 0 saturated heterocycles. The Kier molecular flexibility index (Phi) is 4.90. The van der Waals surface area contributed by atoms with Gasteiger partial charge in [0.15, 0.2) is 0 Å². The van der Waals surface area contributed by atoms with Crippen molar-refractivity contribution in [2.75, 3.05) is 33.4 Å². The number of benzene rings is 1. The van der Waals surface area contributed by atoms with Crippen LogP contribution in [0, 0.1) is 0 Å². The summed E-state index contributed by atoms with van der Waals surface area (Å²) in [5.74, 6) is -0.437.